The number of hydrogen-bond acceptors (Lipinski definition) is 5. The van der Waals surface area contributed by atoms with Gasteiger partial charge in [0.1, 0.15) is 11.6 Å². The number of carbonyl (C=O) groups is 1. The SMILES string of the molecule is Cc1cccc(NC(=O)Cn2nc3c(SCc4ccccc4)nccn3c2=O)c1C. The van der Waals surface area contributed by atoms with Crippen molar-refractivity contribution in [2.24, 2.45) is 0 Å². The van der Waals surface area contributed by atoms with Gasteiger partial charge < -0.3 is 5.32 Å². The minimum Gasteiger partial charge on any atom is -0.324 e. The molecule has 0 saturated carbocycles. The minimum absolute atomic E-state index is 0.170. The van der Waals surface area contributed by atoms with Crippen molar-refractivity contribution < 1.29 is 4.79 Å². The Morgan fingerprint density at radius 2 is 1.90 bits per heavy atom. The van der Waals surface area contributed by atoms with Crippen molar-refractivity contribution in [2.75, 3.05) is 5.32 Å². The number of amides is 1. The summed E-state index contributed by atoms with van der Waals surface area (Å²) < 4.78 is 2.59. The van der Waals surface area contributed by atoms with Crippen molar-refractivity contribution >= 4 is 29.0 Å². The molecule has 1 N–H and O–H groups in total. The topological polar surface area (TPSA) is 81.3 Å². The summed E-state index contributed by atoms with van der Waals surface area (Å²) in [6.45, 7) is 3.76. The lowest BCUT2D eigenvalue weighted by molar-refractivity contribution is -0.117. The molecular weight excluding hydrogens is 398 g/mol. The second-order valence-electron chi connectivity index (χ2n) is 6.94. The van der Waals surface area contributed by atoms with Gasteiger partial charge in [-0.1, -0.05) is 54.2 Å². The lowest BCUT2D eigenvalue weighted by Gasteiger charge is -2.09. The summed E-state index contributed by atoms with van der Waals surface area (Å²) in [5.41, 5.74) is 4.05. The molecule has 0 unspecified atom stereocenters. The zero-order chi connectivity index (χ0) is 21.1. The molecule has 0 radical (unpaired) electrons. The molecular formula is C22H21N5O2S. The number of anilines is 1. The fraction of sp³-hybridized carbons (Fsp3) is 0.182. The second-order valence-corrected chi connectivity index (χ2v) is 7.90. The first-order chi connectivity index (χ1) is 14.5. The van der Waals surface area contributed by atoms with Gasteiger partial charge in [-0.2, -0.15) is 0 Å². The maximum atomic E-state index is 12.7. The summed E-state index contributed by atoms with van der Waals surface area (Å²) in [5, 5.41) is 7.88. The predicted molar refractivity (Wildman–Crippen MR) is 118 cm³/mol. The van der Waals surface area contributed by atoms with E-state index in [9.17, 15) is 9.59 Å². The average Bonchev–Trinajstić information content (AvgIpc) is 3.06. The molecule has 1 amide bonds. The molecule has 2 heterocycles. The second kappa shape index (κ2) is 8.54. The highest BCUT2D eigenvalue weighted by molar-refractivity contribution is 7.98. The van der Waals surface area contributed by atoms with Crippen LogP contribution in [0.1, 0.15) is 16.7 Å². The van der Waals surface area contributed by atoms with E-state index in [-0.39, 0.29) is 18.1 Å². The van der Waals surface area contributed by atoms with Gasteiger partial charge in [0.05, 0.1) is 0 Å². The molecule has 0 aliphatic carbocycles. The van der Waals surface area contributed by atoms with Crippen LogP contribution in [0.2, 0.25) is 0 Å². The van der Waals surface area contributed by atoms with E-state index in [4.69, 9.17) is 0 Å². The predicted octanol–water partition coefficient (Wildman–Crippen LogP) is 3.44. The van der Waals surface area contributed by atoms with Crippen molar-refractivity contribution in [3.8, 4) is 0 Å². The van der Waals surface area contributed by atoms with Crippen LogP contribution in [0, 0.1) is 13.8 Å². The van der Waals surface area contributed by atoms with E-state index in [1.807, 2.05) is 62.4 Å². The Kier molecular flexibility index (Phi) is 5.67. The van der Waals surface area contributed by atoms with Crippen LogP contribution in [0.15, 0.2) is 70.7 Å². The Morgan fingerprint density at radius 1 is 1.10 bits per heavy atom. The number of benzene rings is 2. The molecule has 2 aromatic carbocycles. The average molecular weight is 420 g/mol. The van der Waals surface area contributed by atoms with Crippen LogP contribution in [-0.4, -0.2) is 25.1 Å². The summed E-state index contributed by atoms with van der Waals surface area (Å²) in [6, 6.07) is 15.7. The van der Waals surface area contributed by atoms with E-state index in [0.717, 1.165) is 22.4 Å². The lowest BCUT2D eigenvalue weighted by Crippen LogP contribution is -2.28. The third-order valence-corrected chi connectivity index (χ3v) is 5.90. The molecule has 152 valence electrons. The number of aryl methyl sites for hydroxylation is 1. The summed E-state index contributed by atoms with van der Waals surface area (Å²) in [7, 11) is 0. The van der Waals surface area contributed by atoms with Crippen molar-refractivity contribution in [2.45, 2.75) is 31.2 Å². The highest BCUT2D eigenvalue weighted by Crippen LogP contribution is 2.23. The third-order valence-electron chi connectivity index (χ3n) is 4.86. The molecule has 0 fully saturated rings. The minimum atomic E-state index is -0.370. The molecule has 4 rings (SSSR count). The van der Waals surface area contributed by atoms with Crippen LogP contribution in [0.25, 0.3) is 5.65 Å². The number of rotatable bonds is 6. The quantitative estimate of drug-likeness (QED) is 0.484. The number of aromatic nitrogens is 4. The van der Waals surface area contributed by atoms with Crippen LogP contribution >= 0.6 is 11.8 Å². The summed E-state index contributed by atoms with van der Waals surface area (Å²) in [5.74, 6) is 0.405. The van der Waals surface area contributed by atoms with E-state index in [0.29, 0.717) is 16.4 Å². The number of hydrogen-bond donors (Lipinski definition) is 1. The molecule has 30 heavy (non-hydrogen) atoms. The number of carbonyl (C=O) groups excluding carboxylic acids is 1. The molecule has 8 heteroatoms. The van der Waals surface area contributed by atoms with Gasteiger partial charge in [-0.25, -0.2) is 18.9 Å². The number of nitrogens with one attached hydrogen (secondary N) is 1. The van der Waals surface area contributed by atoms with Gasteiger partial charge in [-0.3, -0.25) is 4.79 Å². The van der Waals surface area contributed by atoms with Crippen LogP contribution in [0.5, 0.6) is 0 Å². The Bertz CT molecular complexity index is 1260. The monoisotopic (exact) mass is 419 g/mol. The molecule has 0 aliphatic rings. The molecule has 0 bridgehead atoms. The maximum absolute atomic E-state index is 12.7. The Balaban J connectivity index is 1.55. The van der Waals surface area contributed by atoms with E-state index >= 15 is 0 Å². The van der Waals surface area contributed by atoms with Crippen LogP contribution < -0.4 is 11.0 Å². The molecule has 0 spiro atoms. The van der Waals surface area contributed by atoms with E-state index < -0.39 is 0 Å². The lowest BCUT2D eigenvalue weighted by atomic mass is 10.1. The number of thioether (sulfide) groups is 1. The summed E-state index contributed by atoms with van der Waals surface area (Å²) in [6.07, 6.45) is 3.14. The maximum Gasteiger partial charge on any atom is 0.350 e. The van der Waals surface area contributed by atoms with Crippen LogP contribution in [0.4, 0.5) is 5.69 Å². The van der Waals surface area contributed by atoms with Gasteiger partial charge in [0.15, 0.2) is 5.65 Å². The fourth-order valence-corrected chi connectivity index (χ4v) is 3.97. The van der Waals surface area contributed by atoms with Gasteiger partial charge in [0, 0.05) is 23.8 Å². The highest BCUT2D eigenvalue weighted by Gasteiger charge is 2.15. The zero-order valence-corrected chi connectivity index (χ0v) is 17.5. The van der Waals surface area contributed by atoms with Crippen LogP contribution in [-0.2, 0) is 17.1 Å². The fourth-order valence-electron chi connectivity index (χ4n) is 3.07. The molecule has 7 nitrogen and oxygen atoms in total. The third kappa shape index (κ3) is 4.13. The number of nitrogens with zero attached hydrogens (tertiary/aromatic N) is 4. The first kappa shape index (κ1) is 19.9. The van der Waals surface area contributed by atoms with Crippen molar-refractivity contribution in [3.63, 3.8) is 0 Å². The van der Waals surface area contributed by atoms with E-state index in [2.05, 4.69) is 15.4 Å². The van der Waals surface area contributed by atoms with Gasteiger partial charge in [-0.05, 0) is 36.6 Å². The molecule has 0 atom stereocenters. The van der Waals surface area contributed by atoms with Crippen LogP contribution in [0.3, 0.4) is 0 Å². The van der Waals surface area contributed by atoms with Gasteiger partial charge in [-0.15, -0.1) is 5.10 Å². The van der Waals surface area contributed by atoms with Crippen molar-refractivity contribution in [3.05, 3.63) is 88.1 Å². The Labute approximate surface area is 177 Å². The number of fused-ring (bicyclic) bond motifs is 1. The van der Waals surface area contributed by atoms with E-state index in [1.54, 1.807) is 12.4 Å². The molecule has 0 saturated heterocycles. The molecule has 4 aromatic rings. The van der Waals surface area contributed by atoms with Crippen molar-refractivity contribution in [1.82, 2.24) is 19.2 Å². The van der Waals surface area contributed by atoms with Gasteiger partial charge in [0.2, 0.25) is 5.91 Å². The summed E-state index contributed by atoms with van der Waals surface area (Å²) >= 11 is 1.50. The smallest absolute Gasteiger partial charge is 0.324 e. The largest absolute Gasteiger partial charge is 0.350 e. The molecule has 0 aliphatic heterocycles. The zero-order valence-electron chi connectivity index (χ0n) is 16.7. The first-order valence-electron chi connectivity index (χ1n) is 9.50. The first-order valence-corrected chi connectivity index (χ1v) is 10.5. The molecule has 2 aromatic heterocycles. The Morgan fingerprint density at radius 3 is 2.70 bits per heavy atom. The van der Waals surface area contributed by atoms with Gasteiger partial charge >= 0.3 is 5.69 Å². The normalized spacial score (nSPS) is 11.0. The van der Waals surface area contributed by atoms with Crippen molar-refractivity contribution in [1.29, 1.82) is 0 Å². The Hall–Kier alpha value is -3.39. The highest BCUT2D eigenvalue weighted by atomic mass is 32.2. The van der Waals surface area contributed by atoms with Gasteiger partial charge in [0.25, 0.3) is 0 Å². The summed E-state index contributed by atoms with van der Waals surface area (Å²) in [4.78, 5) is 29.6. The standard InChI is InChI=1S/C22H21N5O2S/c1-15-7-6-10-18(16(15)2)24-19(28)13-27-22(29)26-12-11-23-21(20(26)25-27)30-14-17-8-4-3-5-9-17/h3-12H,13-14H2,1-2H3,(H,24,28). The van der Waals surface area contributed by atoms with E-state index in [1.165, 1.54) is 20.8 Å².